The van der Waals surface area contributed by atoms with Crippen molar-refractivity contribution in [1.82, 2.24) is 14.7 Å². The quantitative estimate of drug-likeness (QED) is 0.649. The van der Waals surface area contributed by atoms with Crippen molar-refractivity contribution in [2.75, 3.05) is 18.4 Å². The van der Waals surface area contributed by atoms with Crippen LogP contribution in [0, 0.1) is 23.1 Å². The number of nitriles is 1. The van der Waals surface area contributed by atoms with Crippen LogP contribution in [-0.4, -0.2) is 52.1 Å². The first kappa shape index (κ1) is 23.8. The monoisotopic (exact) mass is 468 g/mol. The molecular formula is C20H20F4N6O3. The minimum Gasteiger partial charge on any atom is -0.437 e. The van der Waals surface area contributed by atoms with E-state index in [1.165, 1.54) is 35.1 Å². The lowest BCUT2D eigenvalue weighted by Crippen LogP contribution is -2.46. The second-order valence-corrected chi connectivity index (χ2v) is 7.47. The first-order valence-electron chi connectivity index (χ1n) is 9.83. The molecule has 1 aromatic heterocycles. The SMILES string of the molecule is CC(OC(=O)N1CCC(C#N)[C@H](n2cc(C(N)=O)c(Nc3ccc(F)cc3)n2)C1)C(F)(F)F. The molecule has 1 saturated heterocycles. The summed E-state index contributed by atoms with van der Waals surface area (Å²) in [6.07, 6.45) is -6.73. The zero-order chi connectivity index (χ0) is 24.3. The number of hydrogen-bond acceptors (Lipinski definition) is 6. The highest BCUT2D eigenvalue weighted by Gasteiger charge is 2.41. The Kier molecular flexibility index (Phi) is 6.75. The number of ether oxygens (including phenoxy) is 1. The van der Waals surface area contributed by atoms with Gasteiger partial charge in [0.2, 0.25) is 0 Å². The number of likely N-dealkylation sites (tertiary alicyclic amines) is 1. The van der Waals surface area contributed by atoms with Crippen molar-refractivity contribution in [2.45, 2.75) is 31.7 Å². The van der Waals surface area contributed by atoms with E-state index < -0.39 is 42.1 Å². The van der Waals surface area contributed by atoms with Crippen molar-refractivity contribution in [1.29, 1.82) is 5.26 Å². The van der Waals surface area contributed by atoms with Gasteiger partial charge in [-0.1, -0.05) is 0 Å². The predicted molar refractivity (Wildman–Crippen MR) is 107 cm³/mol. The van der Waals surface area contributed by atoms with Gasteiger partial charge in [0.1, 0.15) is 11.4 Å². The molecule has 0 radical (unpaired) electrons. The van der Waals surface area contributed by atoms with Gasteiger partial charge in [0.05, 0.1) is 18.0 Å². The van der Waals surface area contributed by atoms with Crippen molar-refractivity contribution in [3.63, 3.8) is 0 Å². The molecule has 2 unspecified atom stereocenters. The molecule has 1 aliphatic rings. The van der Waals surface area contributed by atoms with Gasteiger partial charge in [0.25, 0.3) is 5.91 Å². The third kappa shape index (κ3) is 5.51. The second-order valence-electron chi connectivity index (χ2n) is 7.47. The molecule has 3 N–H and O–H groups in total. The average molecular weight is 468 g/mol. The van der Waals surface area contributed by atoms with Crippen LogP contribution in [0.3, 0.4) is 0 Å². The maximum absolute atomic E-state index is 13.2. The van der Waals surface area contributed by atoms with E-state index in [0.29, 0.717) is 5.69 Å². The van der Waals surface area contributed by atoms with E-state index in [1.807, 2.05) is 0 Å². The number of anilines is 2. The first-order valence-corrected chi connectivity index (χ1v) is 9.83. The number of alkyl halides is 3. The number of piperidine rings is 1. The second kappa shape index (κ2) is 9.35. The fourth-order valence-corrected chi connectivity index (χ4v) is 3.31. The molecule has 1 aliphatic heterocycles. The Morgan fingerprint density at radius 2 is 2.00 bits per heavy atom. The largest absolute Gasteiger partial charge is 0.437 e. The fraction of sp³-hybridized carbons (Fsp3) is 0.400. The summed E-state index contributed by atoms with van der Waals surface area (Å²) >= 11 is 0. The van der Waals surface area contributed by atoms with E-state index in [-0.39, 0.29) is 30.9 Å². The molecule has 2 aromatic rings. The molecule has 0 aliphatic carbocycles. The lowest BCUT2D eigenvalue weighted by Gasteiger charge is -2.35. The van der Waals surface area contributed by atoms with Gasteiger partial charge in [0.15, 0.2) is 11.9 Å². The Bertz CT molecular complexity index is 1060. The maximum atomic E-state index is 13.2. The van der Waals surface area contributed by atoms with Crippen LogP contribution in [0.25, 0.3) is 0 Å². The summed E-state index contributed by atoms with van der Waals surface area (Å²) in [5.41, 5.74) is 5.81. The van der Waals surface area contributed by atoms with Crippen LogP contribution >= 0.6 is 0 Å². The van der Waals surface area contributed by atoms with Crippen LogP contribution in [0.1, 0.15) is 29.7 Å². The number of nitrogens with two attached hydrogens (primary N) is 1. The summed E-state index contributed by atoms with van der Waals surface area (Å²) in [6.45, 7) is 0.567. The van der Waals surface area contributed by atoms with Gasteiger partial charge in [-0.2, -0.15) is 23.5 Å². The maximum Gasteiger partial charge on any atom is 0.425 e. The first-order chi connectivity index (χ1) is 15.5. The minimum atomic E-state index is -4.71. The van der Waals surface area contributed by atoms with E-state index in [1.54, 1.807) is 0 Å². The van der Waals surface area contributed by atoms with Crippen LogP contribution in [0.5, 0.6) is 0 Å². The summed E-state index contributed by atoms with van der Waals surface area (Å²) in [7, 11) is 0. The van der Waals surface area contributed by atoms with Gasteiger partial charge in [-0.05, 0) is 37.6 Å². The summed E-state index contributed by atoms with van der Waals surface area (Å²) in [6, 6.07) is 6.53. The third-order valence-electron chi connectivity index (χ3n) is 5.19. The Morgan fingerprint density at radius 1 is 1.33 bits per heavy atom. The number of amides is 2. The Morgan fingerprint density at radius 3 is 2.58 bits per heavy atom. The number of nitrogens with zero attached hydrogens (tertiary/aromatic N) is 4. The number of aromatic nitrogens is 2. The number of hydrogen-bond donors (Lipinski definition) is 2. The van der Waals surface area contributed by atoms with E-state index in [9.17, 15) is 32.4 Å². The molecule has 0 spiro atoms. The van der Waals surface area contributed by atoms with Crippen molar-refractivity contribution < 1.29 is 31.9 Å². The number of halogens is 4. The molecule has 176 valence electrons. The number of benzene rings is 1. The molecule has 0 saturated carbocycles. The van der Waals surface area contributed by atoms with E-state index in [2.05, 4.69) is 21.2 Å². The summed E-state index contributed by atoms with van der Waals surface area (Å²) in [4.78, 5) is 25.2. The number of rotatable bonds is 5. The summed E-state index contributed by atoms with van der Waals surface area (Å²) in [5.74, 6) is -1.90. The summed E-state index contributed by atoms with van der Waals surface area (Å²) in [5, 5.41) is 16.6. The molecule has 13 heteroatoms. The van der Waals surface area contributed by atoms with Crippen molar-refractivity contribution in [3.8, 4) is 6.07 Å². The van der Waals surface area contributed by atoms with Gasteiger partial charge >= 0.3 is 12.3 Å². The molecule has 0 bridgehead atoms. The van der Waals surface area contributed by atoms with Gasteiger partial charge in [0, 0.05) is 25.0 Å². The van der Waals surface area contributed by atoms with Crippen LogP contribution in [0.4, 0.5) is 33.9 Å². The van der Waals surface area contributed by atoms with Crippen LogP contribution < -0.4 is 11.1 Å². The van der Waals surface area contributed by atoms with Crippen molar-refractivity contribution >= 4 is 23.5 Å². The summed E-state index contributed by atoms with van der Waals surface area (Å²) < 4.78 is 57.1. The highest BCUT2D eigenvalue weighted by molar-refractivity contribution is 5.98. The number of carbonyl (C=O) groups is 2. The molecule has 1 fully saturated rings. The minimum absolute atomic E-state index is 0.0166. The number of nitrogens with one attached hydrogen (secondary N) is 1. The molecule has 2 amide bonds. The van der Waals surface area contributed by atoms with Crippen molar-refractivity contribution in [3.05, 3.63) is 41.8 Å². The smallest absolute Gasteiger partial charge is 0.425 e. The highest BCUT2D eigenvalue weighted by Crippen LogP contribution is 2.31. The Labute approximate surface area is 185 Å². The molecule has 2 heterocycles. The van der Waals surface area contributed by atoms with Gasteiger partial charge in [-0.25, -0.2) is 9.18 Å². The van der Waals surface area contributed by atoms with Gasteiger partial charge in [-0.3, -0.25) is 9.48 Å². The van der Waals surface area contributed by atoms with E-state index in [4.69, 9.17) is 5.73 Å². The van der Waals surface area contributed by atoms with Crippen LogP contribution in [-0.2, 0) is 4.74 Å². The van der Waals surface area contributed by atoms with E-state index in [0.717, 1.165) is 11.8 Å². The zero-order valence-corrected chi connectivity index (χ0v) is 17.3. The Balaban J connectivity index is 1.84. The number of carbonyl (C=O) groups excluding carboxylic acids is 2. The molecule has 3 atom stereocenters. The topological polar surface area (TPSA) is 126 Å². The average Bonchev–Trinajstić information content (AvgIpc) is 3.18. The standard InChI is InChI=1S/C20H20F4N6O3/c1-11(20(22,23)24)33-19(32)29-7-6-12(8-25)16(10-29)30-9-15(17(26)31)18(28-30)27-14-4-2-13(21)3-5-14/h2-5,9,11-12,16H,6-7,10H2,1H3,(H2,26,31)(H,27,28)/t11?,12?,16-/m1/s1. The third-order valence-corrected chi connectivity index (χ3v) is 5.19. The van der Waals surface area contributed by atoms with Gasteiger partial charge < -0.3 is 20.7 Å². The fourth-order valence-electron chi connectivity index (χ4n) is 3.31. The molecule has 3 rings (SSSR count). The van der Waals surface area contributed by atoms with E-state index >= 15 is 0 Å². The lowest BCUT2D eigenvalue weighted by molar-refractivity contribution is -0.200. The Hall–Kier alpha value is -3.82. The highest BCUT2D eigenvalue weighted by atomic mass is 19.4. The zero-order valence-electron chi connectivity index (χ0n) is 17.3. The molecule has 1 aromatic carbocycles. The lowest BCUT2D eigenvalue weighted by atomic mass is 9.93. The molecule has 33 heavy (non-hydrogen) atoms. The van der Waals surface area contributed by atoms with Gasteiger partial charge in [-0.15, -0.1) is 0 Å². The molecular weight excluding hydrogens is 448 g/mol. The van der Waals surface area contributed by atoms with Crippen LogP contribution in [0.15, 0.2) is 30.5 Å². The number of primary amides is 1. The van der Waals surface area contributed by atoms with Crippen molar-refractivity contribution in [2.24, 2.45) is 11.7 Å². The molecule has 9 nitrogen and oxygen atoms in total. The predicted octanol–water partition coefficient (Wildman–Crippen LogP) is 3.34. The normalized spacial score (nSPS) is 19.5. The van der Waals surface area contributed by atoms with Crippen LogP contribution in [0.2, 0.25) is 0 Å².